The molecule has 2 heteroatoms. The highest BCUT2D eigenvalue weighted by Crippen LogP contribution is 2.19. The van der Waals surface area contributed by atoms with Crippen LogP contribution in [0.25, 0.3) is 0 Å². The standard InChI is InChI=1S/C11H13BrO/c1-7(2)11(13)9-5-4-8(3)10(12)6-9/h4-7H,1-3H3. The van der Waals surface area contributed by atoms with Gasteiger partial charge in [-0.05, 0) is 18.6 Å². The van der Waals surface area contributed by atoms with Crippen LogP contribution in [-0.2, 0) is 0 Å². The average molecular weight is 241 g/mol. The van der Waals surface area contributed by atoms with E-state index < -0.39 is 0 Å². The number of halogens is 1. The zero-order valence-corrected chi connectivity index (χ0v) is 9.68. The van der Waals surface area contributed by atoms with Crippen molar-refractivity contribution in [2.24, 2.45) is 5.92 Å². The number of benzene rings is 1. The molecule has 1 aromatic carbocycles. The Balaban J connectivity index is 3.04. The Bertz CT molecular complexity index is 329. The van der Waals surface area contributed by atoms with E-state index in [9.17, 15) is 4.79 Å². The molecule has 1 aromatic rings. The van der Waals surface area contributed by atoms with Crippen LogP contribution in [0, 0.1) is 12.8 Å². The lowest BCUT2D eigenvalue weighted by atomic mass is 10.0. The van der Waals surface area contributed by atoms with Gasteiger partial charge >= 0.3 is 0 Å². The van der Waals surface area contributed by atoms with Crippen molar-refractivity contribution in [3.8, 4) is 0 Å². The lowest BCUT2D eigenvalue weighted by molar-refractivity contribution is 0.0939. The minimum Gasteiger partial charge on any atom is -0.294 e. The van der Waals surface area contributed by atoms with E-state index in [1.54, 1.807) is 0 Å². The second kappa shape index (κ2) is 4.05. The fourth-order valence-corrected chi connectivity index (χ4v) is 1.46. The highest BCUT2D eigenvalue weighted by Gasteiger charge is 2.10. The van der Waals surface area contributed by atoms with Gasteiger partial charge in [0.25, 0.3) is 0 Å². The minimum atomic E-state index is 0.0645. The van der Waals surface area contributed by atoms with Gasteiger partial charge < -0.3 is 0 Å². The van der Waals surface area contributed by atoms with E-state index in [4.69, 9.17) is 0 Å². The van der Waals surface area contributed by atoms with Crippen molar-refractivity contribution in [1.82, 2.24) is 0 Å². The van der Waals surface area contributed by atoms with Crippen molar-refractivity contribution < 1.29 is 4.79 Å². The Kier molecular flexibility index (Phi) is 3.26. The lowest BCUT2D eigenvalue weighted by Gasteiger charge is -2.05. The molecule has 0 saturated heterocycles. The fourth-order valence-electron chi connectivity index (χ4n) is 1.08. The van der Waals surface area contributed by atoms with Gasteiger partial charge in [0.15, 0.2) is 5.78 Å². The van der Waals surface area contributed by atoms with Gasteiger partial charge in [-0.15, -0.1) is 0 Å². The summed E-state index contributed by atoms with van der Waals surface area (Å²) in [5.74, 6) is 0.260. The molecule has 0 aliphatic heterocycles. The van der Waals surface area contributed by atoms with Gasteiger partial charge in [-0.2, -0.15) is 0 Å². The Morgan fingerprint density at radius 1 is 1.38 bits per heavy atom. The van der Waals surface area contributed by atoms with Gasteiger partial charge in [0.1, 0.15) is 0 Å². The Morgan fingerprint density at radius 3 is 2.46 bits per heavy atom. The molecule has 0 aliphatic rings. The molecule has 0 bridgehead atoms. The monoisotopic (exact) mass is 240 g/mol. The second-order valence-electron chi connectivity index (χ2n) is 3.48. The van der Waals surface area contributed by atoms with Crippen molar-refractivity contribution in [3.63, 3.8) is 0 Å². The molecule has 0 fully saturated rings. The summed E-state index contributed by atoms with van der Waals surface area (Å²) in [5.41, 5.74) is 1.94. The molecule has 0 N–H and O–H groups in total. The normalized spacial score (nSPS) is 10.5. The van der Waals surface area contributed by atoms with Crippen LogP contribution in [0.15, 0.2) is 22.7 Å². The third-order valence-electron chi connectivity index (χ3n) is 1.98. The summed E-state index contributed by atoms with van der Waals surface area (Å²) in [6.07, 6.45) is 0. The van der Waals surface area contributed by atoms with Crippen LogP contribution >= 0.6 is 15.9 Å². The van der Waals surface area contributed by atoms with Crippen molar-refractivity contribution in [2.75, 3.05) is 0 Å². The van der Waals surface area contributed by atoms with Crippen LogP contribution in [-0.4, -0.2) is 5.78 Å². The number of aryl methyl sites for hydroxylation is 1. The van der Waals surface area contributed by atoms with Gasteiger partial charge in [0.2, 0.25) is 0 Å². The highest BCUT2D eigenvalue weighted by molar-refractivity contribution is 9.10. The third-order valence-corrected chi connectivity index (χ3v) is 2.84. The van der Waals surface area contributed by atoms with Gasteiger partial charge in [0, 0.05) is 16.0 Å². The van der Waals surface area contributed by atoms with E-state index >= 15 is 0 Å². The topological polar surface area (TPSA) is 17.1 Å². The van der Waals surface area contributed by atoms with Gasteiger partial charge in [-0.1, -0.05) is 41.9 Å². The van der Waals surface area contributed by atoms with Crippen molar-refractivity contribution in [1.29, 1.82) is 0 Å². The first kappa shape index (κ1) is 10.5. The van der Waals surface area contributed by atoms with Crippen molar-refractivity contribution in [2.45, 2.75) is 20.8 Å². The number of carbonyl (C=O) groups excluding carboxylic acids is 1. The Labute approximate surface area is 87.3 Å². The summed E-state index contributed by atoms with van der Waals surface area (Å²) < 4.78 is 0.999. The molecule has 0 heterocycles. The molecule has 13 heavy (non-hydrogen) atoms. The summed E-state index contributed by atoms with van der Waals surface area (Å²) in [7, 11) is 0. The second-order valence-corrected chi connectivity index (χ2v) is 4.34. The molecule has 0 aliphatic carbocycles. The Hall–Kier alpha value is -0.630. The van der Waals surface area contributed by atoms with Gasteiger partial charge in [-0.3, -0.25) is 4.79 Å². The van der Waals surface area contributed by atoms with E-state index in [1.807, 2.05) is 39.0 Å². The quantitative estimate of drug-likeness (QED) is 0.723. The van der Waals surface area contributed by atoms with Crippen LogP contribution in [0.3, 0.4) is 0 Å². The molecule has 70 valence electrons. The zero-order chi connectivity index (χ0) is 10.0. The van der Waals surface area contributed by atoms with E-state index in [1.165, 1.54) is 0 Å². The highest BCUT2D eigenvalue weighted by atomic mass is 79.9. The molecule has 0 amide bonds. The van der Waals surface area contributed by atoms with E-state index in [2.05, 4.69) is 15.9 Å². The summed E-state index contributed by atoms with van der Waals surface area (Å²) in [5, 5.41) is 0. The lowest BCUT2D eigenvalue weighted by Crippen LogP contribution is -2.07. The third kappa shape index (κ3) is 2.41. The fraction of sp³-hybridized carbons (Fsp3) is 0.364. The summed E-state index contributed by atoms with van der Waals surface area (Å²) in [6.45, 7) is 5.83. The van der Waals surface area contributed by atoms with Crippen LogP contribution < -0.4 is 0 Å². The van der Waals surface area contributed by atoms with Crippen LogP contribution in [0.1, 0.15) is 29.8 Å². The molecule has 0 atom stereocenters. The number of Topliss-reactive ketones (excluding diaryl/α,β-unsaturated/α-hetero) is 1. The van der Waals surface area contributed by atoms with Gasteiger partial charge in [0.05, 0.1) is 0 Å². The van der Waals surface area contributed by atoms with Crippen molar-refractivity contribution >= 4 is 21.7 Å². The van der Waals surface area contributed by atoms with E-state index in [-0.39, 0.29) is 11.7 Å². The average Bonchev–Trinajstić information content (AvgIpc) is 2.08. The van der Waals surface area contributed by atoms with E-state index in [0.717, 1.165) is 15.6 Å². The first-order valence-corrected chi connectivity index (χ1v) is 5.12. The Morgan fingerprint density at radius 2 is 2.00 bits per heavy atom. The number of rotatable bonds is 2. The zero-order valence-electron chi connectivity index (χ0n) is 8.10. The number of ketones is 1. The number of carbonyl (C=O) groups is 1. The van der Waals surface area contributed by atoms with Crippen molar-refractivity contribution in [3.05, 3.63) is 33.8 Å². The summed E-state index contributed by atoms with van der Waals surface area (Å²) in [4.78, 5) is 11.6. The maximum atomic E-state index is 11.6. The molecule has 0 spiro atoms. The molecule has 0 unspecified atom stereocenters. The molecule has 1 rings (SSSR count). The molecular weight excluding hydrogens is 228 g/mol. The summed E-state index contributed by atoms with van der Waals surface area (Å²) >= 11 is 3.41. The maximum absolute atomic E-state index is 11.6. The maximum Gasteiger partial charge on any atom is 0.165 e. The molecule has 0 aromatic heterocycles. The van der Waals surface area contributed by atoms with E-state index in [0.29, 0.717) is 0 Å². The molecule has 0 saturated carbocycles. The predicted molar refractivity (Wildman–Crippen MR) is 58.0 cm³/mol. The molecule has 0 radical (unpaired) electrons. The van der Waals surface area contributed by atoms with Crippen LogP contribution in [0.2, 0.25) is 0 Å². The minimum absolute atomic E-state index is 0.0645. The smallest absolute Gasteiger partial charge is 0.165 e. The molecular formula is C11H13BrO. The number of hydrogen-bond donors (Lipinski definition) is 0. The largest absolute Gasteiger partial charge is 0.294 e. The van der Waals surface area contributed by atoms with Crippen LogP contribution in [0.5, 0.6) is 0 Å². The predicted octanol–water partition coefficient (Wildman–Crippen LogP) is 3.60. The first-order chi connectivity index (χ1) is 6.02. The summed E-state index contributed by atoms with van der Waals surface area (Å²) in [6, 6.07) is 5.72. The molecule has 1 nitrogen and oxygen atoms in total. The van der Waals surface area contributed by atoms with Gasteiger partial charge in [-0.25, -0.2) is 0 Å². The van der Waals surface area contributed by atoms with Crippen LogP contribution in [0.4, 0.5) is 0 Å². The number of hydrogen-bond acceptors (Lipinski definition) is 1. The SMILES string of the molecule is Cc1ccc(C(=O)C(C)C)cc1Br. The first-order valence-electron chi connectivity index (χ1n) is 4.32.